The van der Waals surface area contributed by atoms with Gasteiger partial charge in [-0.2, -0.15) is 0 Å². The molecule has 1 N–H and O–H groups in total. The molecule has 0 amide bonds. The van der Waals surface area contributed by atoms with Gasteiger partial charge in [0.25, 0.3) is 0 Å². The summed E-state index contributed by atoms with van der Waals surface area (Å²) in [6.45, 7) is 5.00. The number of rotatable bonds is 5. The summed E-state index contributed by atoms with van der Waals surface area (Å²) in [5.41, 5.74) is 0.863. The third-order valence-electron chi connectivity index (χ3n) is 3.23. The lowest BCUT2D eigenvalue weighted by Crippen LogP contribution is -2.22. The Morgan fingerprint density at radius 1 is 1.35 bits per heavy atom. The zero-order chi connectivity index (χ0) is 12.5. The summed E-state index contributed by atoms with van der Waals surface area (Å²) in [6, 6.07) is 6.06. The van der Waals surface area contributed by atoms with Crippen LogP contribution in [-0.4, -0.2) is 18.3 Å². The summed E-state index contributed by atoms with van der Waals surface area (Å²) in [4.78, 5) is 0. The lowest BCUT2D eigenvalue weighted by atomic mass is 9.85. The molecule has 1 aromatic carbocycles. The number of halogens is 1. The second-order valence-corrected chi connectivity index (χ2v) is 6.39. The van der Waals surface area contributed by atoms with Crippen molar-refractivity contribution < 1.29 is 9.84 Å². The van der Waals surface area contributed by atoms with Crippen molar-refractivity contribution in [3.63, 3.8) is 0 Å². The Hall–Kier alpha value is -0.540. The van der Waals surface area contributed by atoms with Crippen LogP contribution >= 0.6 is 15.9 Å². The Kier molecular flexibility index (Phi) is 3.79. The molecule has 0 spiro atoms. The van der Waals surface area contributed by atoms with Gasteiger partial charge in [-0.15, -0.1) is 0 Å². The molecule has 1 fully saturated rings. The van der Waals surface area contributed by atoms with E-state index in [0.29, 0.717) is 0 Å². The van der Waals surface area contributed by atoms with Crippen LogP contribution in [-0.2, 0) is 5.41 Å². The van der Waals surface area contributed by atoms with Gasteiger partial charge in [-0.3, -0.25) is 0 Å². The molecule has 0 aliphatic heterocycles. The normalized spacial score (nSPS) is 16.0. The van der Waals surface area contributed by atoms with Crippen molar-refractivity contribution in [1.82, 2.24) is 0 Å². The molecule has 2 rings (SSSR count). The minimum atomic E-state index is -0.235. The molecule has 0 heterocycles. The molecular formula is C14H19BrO2. The van der Waals surface area contributed by atoms with Crippen molar-refractivity contribution in [1.29, 1.82) is 0 Å². The van der Waals surface area contributed by atoms with Crippen LogP contribution in [0.4, 0.5) is 0 Å². The Morgan fingerprint density at radius 2 is 2.06 bits per heavy atom. The molecule has 3 heteroatoms. The van der Waals surface area contributed by atoms with Crippen LogP contribution in [0.1, 0.15) is 32.3 Å². The van der Waals surface area contributed by atoms with Gasteiger partial charge in [0.05, 0.1) is 13.2 Å². The first kappa shape index (κ1) is 12.9. The molecular weight excluding hydrogens is 280 g/mol. The molecule has 0 unspecified atom stereocenters. The Labute approximate surface area is 111 Å². The zero-order valence-corrected chi connectivity index (χ0v) is 12.0. The fourth-order valence-electron chi connectivity index (χ4n) is 1.63. The van der Waals surface area contributed by atoms with Crippen molar-refractivity contribution >= 4 is 15.9 Å². The lowest BCUT2D eigenvalue weighted by molar-refractivity contribution is 0.217. The largest absolute Gasteiger partial charge is 0.493 e. The highest BCUT2D eigenvalue weighted by molar-refractivity contribution is 9.10. The van der Waals surface area contributed by atoms with E-state index in [1.165, 1.54) is 12.8 Å². The summed E-state index contributed by atoms with van der Waals surface area (Å²) in [6.07, 6.45) is 2.59. The Morgan fingerprint density at radius 3 is 2.65 bits per heavy atom. The van der Waals surface area contributed by atoms with Crippen LogP contribution in [0.2, 0.25) is 0 Å². The third-order valence-corrected chi connectivity index (χ3v) is 3.69. The maximum absolute atomic E-state index is 9.40. The van der Waals surface area contributed by atoms with Crippen molar-refractivity contribution in [2.45, 2.75) is 32.1 Å². The van der Waals surface area contributed by atoms with Gasteiger partial charge in [0.1, 0.15) is 5.75 Å². The van der Waals surface area contributed by atoms with Gasteiger partial charge in [0.15, 0.2) is 0 Å². The van der Waals surface area contributed by atoms with Gasteiger partial charge in [-0.25, -0.2) is 0 Å². The third kappa shape index (κ3) is 3.46. The van der Waals surface area contributed by atoms with Gasteiger partial charge >= 0.3 is 0 Å². The summed E-state index contributed by atoms with van der Waals surface area (Å²) in [5, 5.41) is 9.40. The van der Waals surface area contributed by atoms with Crippen LogP contribution in [0.15, 0.2) is 22.7 Å². The predicted molar refractivity (Wildman–Crippen MR) is 72.5 cm³/mol. The summed E-state index contributed by atoms with van der Waals surface area (Å²) in [7, 11) is 0. The fourth-order valence-corrected chi connectivity index (χ4v) is 2.10. The van der Waals surface area contributed by atoms with Crippen molar-refractivity contribution in [3.05, 3.63) is 28.2 Å². The molecule has 1 aromatic rings. The van der Waals surface area contributed by atoms with E-state index >= 15 is 0 Å². The number of aliphatic hydroxyl groups is 1. The number of hydrogen-bond donors (Lipinski definition) is 1. The summed E-state index contributed by atoms with van der Waals surface area (Å²) in [5.74, 6) is 1.64. The first-order chi connectivity index (χ1) is 8.01. The van der Waals surface area contributed by atoms with E-state index in [4.69, 9.17) is 4.74 Å². The molecule has 1 aliphatic rings. The summed E-state index contributed by atoms with van der Waals surface area (Å²) >= 11 is 3.50. The topological polar surface area (TPSA) is 29.5 Å². The molecule has 0 bridgehead atoms. The maximum Gasteiger partial charge on any atom is 0.120 e. The minimum Gasteiger partial charge on any atom is -0.493 e. The molecule has 0 saturated heterocycles. The maximum atomic E-state index is 9.40. The second-order valence-electron chi connectivity index (χ2n) is 5.47. The quantitative estimate of drug-likeness (QED) is 0.901. The van der Waals surface area contributed by atoms with Crippen LogP contribution in [0.3, 0.4) is 0 Å². The van der Waals surface area contributed by atoms with Crippen molar-refractivity contribution in [2.75, 3.05) is 13.2 Å². The molecule has 17 heavy (non-hydrogen) atoms. The van der Waals surface area contributed by atoms with Gasteiger partial charge in [0.2, 0.25) is 0 Å². The molecule has 0 atom stereocenters. The van der Waals surface area contributed by atoms with Gasteiger partial charge < -0.3 is 9.84 Å². The lowest BCUT2D eigenvalue weighted by Gasteiger charge is -2.23. The molecule has 0 radical (unpaired) electrons. The van der Waals surface area contributed by atoms with Gasteiger partial charge in [-0.1, -0.05) is 29.8 Å². The smallest absolute Gasteiger partial charge is 0.120 e. The average Bonchev–Trinajstić information content (AvgIpc) is 3.09. The second kappa shape index (κ2) is 4.99. The van der Waals surface area contributed by atoms with Gasteiger partial charge in [0, 0.05) is 9.89 Å². The number of ether oxygens (including phenoxy) is 1. The van der Waals surface area contributed by atoms with E-state index in [-0.39, 0.29) is 12.0 Å². The monoisotopic (exact) mass is 298 g/mol. The van der Waals surface area contributed by atoms with E-state index in [1.807, 2.05) is 32.0 Å². The van der Waals surface area contributed by atoms with E-state index < -0.39 is 0 Å². The van der Waals surface area contributed by atoms with Crippen molar-refractivity contribution in [2.24, 2.45) is 5.92 Å². The first-order valence-corrected chi connectivity index (χ1v) is 6.85. The van der Waals surface area contributed by atoms with Gasteiger partial charge in [-0.05, 0) is 42.5 Å². The van der Waals surface area contributed by atoms with E-state index in [2.05, 4.69) is 15.9 Å². The number of aliphatic hydroxyl groups excluding tert-OH is 1. The highest BCUT2D eigenvalue weighted by atomic mass is 79.9. The number of hydrogen-bond acceptors (Lipinski definition) is 2. The zero-order valence-electron chi connectivity index (χ0n) is 10.4. The van der Waals surface area contributed by atoms with Crippen LogP contribution in [0.5, 0.6) is 5.75 Å². The van der Waals surface area contributed by atoms with Crippen LogP contribution in [0.25, 0.3) is 0 Å². The SMILES string of the molecule is CC(C)(CO)c1cc(Br)cc(OCC2CC2)c1. The predicted octanol–water partition coefficient (Wildman–Crippen LogP) is 3.51. The highest BCUT2D eigenvalue weighted by Gasteiger charge is 2.23. The first-order valence-electron chi connectivity index (χ1n) is 6.06. The molecule has 1 saturated carbocycles. The Bertz CT molecular complexity index is 397. The van der Waals surface area contributed by atoms with E-state index in [9.17, 15) is 5.11 Å². The van der Waals surface area contributed by atoms with E-state index in [0.717, 1.165) is 28.3 Å². The average molecular weight is 299 g/mol. The van der Waals surface area contributed by atoms with E-state index in [1.54, 1.807) is 0 Å². The Balaban J connectivity index is 2.15. The van der Waals surface area contributed by atoms with Crippen LogP contribution < -0.4 is 4.74 Å². The van der Waals surface area contributed by atoms with Crippen LogP contribution in [0, 0.1) is 5.92 Å². The minimum absolute atomic E-state index is 0.130. The number of benzene rings is 1. The summed E-state index contributed by atoms with van der Waals surface area (Å²) < 4.78 is 6.78. The standard InChI is InChI=1S/C14H19BrO2/c1-14(2,9-16)11-5-12(15)7-13(6-11)17-8-10-3-4-10/h5-7,10,16H,3-4,8-9H2,1-2H3. The molecule has 2 nitrogen and oxygen atoms in total. The highest BCUT2D eigenvalue weighted by Crippen LogP contribution is 2.32. The molecule has 0 aromatic heterocycles. The van der Waals surface area contributed by atoms with Crippen molar-refractivity contribution in [3.8, 4) is 5.75 Å². The molecule has 94 valence electrons. The molecule has 1 aliphatic carbocycles. The fraction of sp³-hybridized carbons (Fsp3) is 0.571.